The molecule has 0 fully saturated rings. The fourth-order valence-corrected chi connectivity index (χ4v) is 3.20. The number of aryl methyl sites for hydroxylation is 3. The van der Waals surface area contributed by atoms with Crippen LogP contribution in [0.3, 0.4) is 0 Å². The van der Waals surface area contributed by atoms with Crippen molar-refractivity contribution in [1.29, 1.82) is 0 Å². The minimum atomic E-state index is 0.370. The van der Waals surface area contributed by atoms with Gasteiger partial charge >= 0.3 is 0 Å². The van der Waals surface area contributed by atoms with Crippen LogP contribution in [0.4, 0.5) is 0 Å². The molecule has 2 aromatic rings. The van der Waals surface area contributed by atoms with Gasteiger partial charge in [0.15, 0.2) is 0 Å². The summed E-state index contributed by atoms with van der Waals surface area (Å²) in [6, 6.07) is 0. The first-order valence-corrected chi connectivity index (χ1v) is 7.81. The Morgan fingerprint density at radius 3 is 2.86 bits per heavy atom. The second-order valence-corrected chi connectivity index (χ2v) is 6.01. The summed E-state index contributed by atoms with van der Waals surface area (Å²) in [7, 11) is 1.76. The number of fused-ring (bicyclic) bond motifs is 1. The van der Waals surface area contributed by atoms with Gasteiger partial charge in [-0.05, 0) is 20.8 Å². The van der Waals surface area contributed by atoms with Crippen molar-refractivity contribution >= 4 is 0 Å². The topological polar surface area (TPSA) is 56.3 Å². The lowest BCUT2D eigenvalue weighted by Crippen LogP contribution is -2.34. The zero-order valence-electron chi connectivity index (χ0n) is 13.8. The van der Waals surface area contributed by atoms with Crippen LogP contribution in [0, 0.1) is 13.8 Å². The third-order valence-electron chi connectivity index (χ3n) is 4.42. The van der Waals surface area contributed by atoms with Crippen molar-refractivity contribution < 1.29 is 9.26 Å². The fourth-order valence-electron chi connectivity index (χ4n) is 3.20. The van der Waals surface area contributed by atoms with Crippen LogP contribution >= 0.6 is 0 Å². The lowest BCUT2D eigenvalue weighted by Gasteiger charge is -2.31. The van der Waals surface area contributed by atoms with Gasteiger partial charge in [0.1, 0.15) is 5.76 Å². The van der Waals surface area contributed by atoms with E-state index in [1.165, 1.54) is 16.8 Å². The molecule has 0 saturated carbocycles. The molecule has 6 nitrogen and oxygen atoms in total. The molecule has 2 aromatic heterocycles. The molecule has 0 aliphatic carbocycles. The summed E-state index contributed by atoms with van der Waals surface area (Å²) in [5, 5.41) is 8.76. The van der Waals surface area contributed by atoms with Gasteiger partial charge in [0.2, 0.25) is 0 Å². The van der Waals surface area contributed by atoms with Crippen molar-refractivity contribution in [2.24, 2.45) is 0 Å². The third kappa shape index (κ3) is 2.80. The summed E-state index contributed by atoms with van der Waals surface area (Å²) < 4.78 is 12.7. The molecule has 3 rings (SSSR count). The molecule has 0 spiro atoms. The highest BCUT2D eigenvalue weighted by molar-refractivity contribution is 5.27. The second-order valence-electron chi connectivity index (χ2n) is 6.01. The van der Waals surface area contributed by atoms with Gasteiger partial charge < -0.3 is 9.26 Å². The van der Waals surface area contributed by atoms with Crippen molar-refractivity contribution in [3.8, 4) is 0 Å². The molecular weight excluding hydrogens is 280 g/mol. The zero-order valence-corrected chi connectivity index (χ0v) is 13.8. The molecule has 0 aromatic carbocycles. The van der Waals surface area contributed by atoms with Crippen LogP contribution in [0.15, 0.2) is 10.7 Å². The number of hydrogen-bond acceptors (Lipinski definition) is 5. The number of rotatable bonds is 5. The van der Waals surface area contributed by atoms with Gasteiger partial charge in [0.25, 0.3) is 0 Å². The number of methoxy groups -OCH3 is 1. The van der Waals surface area contributed by atoms with Crippen LogP contribution in [0.1, 0.15) is 41.1 Å². The standard InChI is InChI=1S/C16H24N4O2/c1-5-20-8-15-13(10-21-4)6-19(9-16(15)17-20)7-14-11(2)18-22-12(14)3/h8,13H,5-7,9-10H2,1-4H3. The quantitative estimate of drug-likeness (QED) is 0.848. The van der Waals surface area contributed by atoms with Gasteiger partial charge in [-0.15, -0.1) is 0 Å². The molecule has 0 N–H and O–H groups in total. The molecule has 0 amide bonds. The minimum Gasteiger partial charge on any atom is -0.384 e. The van der Waals surface area contributed by atoms with Gasteiger partial charge in [-0.3, -0.25) is 9.58 Å². The van der Waals surface area contributed by atoms with Gasteiger partial charge in [-0.2, -0.15) is 5.10 Å². The highest BCUT2D eigenvalue weighted by Crippen LogP contribution is 2.29. The molecular formula is C16H24N4O2. The summed E-state index contributed by atoms with van der Waals surface area (Å²) in [6.45, 7) is 10.4. The van der Waals surface area contributed by atoms with E-state index < -0.39 is 0 Å². The summed E-state index contributed by atoms with van der Waals surface area (Å²) in [5.41, 5.74) is 4.67. The van der Waals surface area contributed by atoms with E-state index in [2.05, 4.69) is 23.2 Å². The Balaban J connectivity index is 1.83. The maximum atomic E-state index is 5.42. The highest BCUT2D eigenvalue weighted by atomic mass is 16.5. The normalized spacial score (nSPS) is 18.6. The molecule has 1 unspecified atom stereocenters. The fraction of sp³-hybridized carbons (Fsp3) is 0.625. The summed E-state index contributed by atoms with van der Waals surface area (Å²) in [5.74, 6) is 1.28. The molecule has 22 heavy (non-hydrogen) atoms. The van der Waals surface area contributed by atoms with Crippen molar-refractivity contribution in [3.63, 3.8) is 0 Å². The maximum Gasteiger partial charge on any atom is 0.138 e. The number of ether oxygens (including phenoxy) is 1. The molecule has 3 heterocycles. The van der Waals surface area contributed by atoms with E-state index in [9.17, 15) is 0 Å². The highest BCUT2D eigenvalue weighted by Gasteiger charge is 2.29. The zero-order chi connectivity index (χ0) is 15.7. The molecule has 120 valence electrons. The Morgan fingerprint density at radius 2 is 2.23 bits per heavy atom. The molecule has 1 aliphatic heterocycles. The lowest BCUT2D eigenvalue weighted by molar-refractivity contribution is 0.135. The van der Waals surface area contributed by atoms with Crippen LogP contribution in [0.2, 0.25) is 0 Å². The summed E-state index contributed by atoms with van der Waals surface area (Å²) in [6.07, 6.45) is 2.17. The average Bonchev–Trinajstić information content (AvgIpc) is 3.06. The van der Waals surface area contributed by atoms with Crippen molar-refractivity contribution in [3.05, 3.63) is 34.5 Å². The Kier molecular flexibility index (Phi) is 4.31. The monoisotopic (exact) mass is 304 g/mol. The van der Waals surface area contributed by atoms with E-state index >= 15 is 0 Å². The molecule has 6 heteroatoms. The molecule has 0 saturated heterocycles. The van der Waals surface area contributed by atoms with E-state index in [0.717, 1.165) is 44.2 Å². The maximum absolute atomic E-state index is 5.42. The van der Waals surface area contributed by atoms with Gasteiger partial charge in [0.05, 0.1) is 18.0 Å². The Hall–Kier alpha value is -1.66. The van der Waals surface area contributed by atoms with Crippen LogP contribution in [-0.2, 0) is 24.4 Å². The van der Waals surface area contributed by atoms with Crippen molar-refractivity contribution in [2.45, 2.75) is 46.3 Å². The SMILES string of the molecule is CCn1cc2c(n1)CN(Cc1c(C)noc1C)CC2COC. The predicted molar refractivity (Wildman–Crippen MR) is 82.6 cm³/mol. The van der Waals surface area contributed by atoms with E-state index in [-0.39, 0.29) is 0 Å². The second kappa shape index (κ2) is 6.22. The Bertz CT molecular complexity index is 627. The molecule has 1 aliphatic rings. The molecule has 0 radical (unpaired) electrons. The number of nitrogens with zero attached hydrogens (tertiary/aromatic N) is 4. The first kappa shape index (κ1) is 15.2. The van der Waals surface area contributed by atoms with E-state index in [1.54, 1.807) is 7.11 Å². The van der Waals surface area contributed by atoms with Crippen LogP contribution < -0.4 is 0 Å². The lowest BCUT2D eigenvalue weighted by atomic mass is 9.95. The van der Waals surface area contributed by atoms with Crippen LogP contribution in [0.5, 0.6) is 0 Å². The number of aromatic nitrogens is 3. The Labute approximate surface area is 131 Å². The number of hydrogen-bond donors (Lipinski definition) is 0. The largest absolute Gasteiger partial charge is 0.384 e. The van der Waals surface area contributed by atoms with Gasteiger partial charge in [-0.25, -0.2) is 0 Å². The van der Waals surface area contributed by atoms with Crippen LogP contribution in [0.25, 0.3) is 0 Å². The average molecular weight is 304 g/mol. The smallest absolute Gasteiger partial charge is 0.138 e. The Morgan fingerprint density at radius 1 is 1.41 bits per heavy atom. The first-order chi connectivity index (χ1) is 10.6. The third-order valence-corrected chi connectivity index (χ3v) is 4.42. The molecule has 0 bridgehead atoms. The summed E-state index contributed by atoms with van der Waals surface area (Å²) >= 11 is 0. The first-order valence-electron chi connectivity index (χ1n) is 7.81. The minimum absolute atomic E-state index is 0.370. The van der Waals surface area contributed by atoms with E-state index in [4.69, 9.17) is 14.4 Å². The molecule has 1 atom stereocenters. The van der Waals surface area contributed by atoms with Crippen LogP contribution in [-0.4, -0.2) is 40.1 Å². The van der Waals surface area contributed by atoms with E-state index in [1.807, 2.05) is 18.5 Å². The van der Waals surface area contributed by atoms with E-state index in [0.29, 0.717) is 5.92 Å². The van der Waals surface area contributed by atoms with Crippen molar-refractivity contribution in [1.82, 2.24) is 19.8 Å². The summed E-state index contributed by atoms with van der Waals surface area (Å²) in [4.78, 5) is 2.41. The van der Waals surface area contributed by atoms with Crippen molar-refractivity contribution in [2.75, 3.05) is 20.3 Å². The van der Waals surface area contributed by atoms with Gasteiger partial charge in [0, 0.05) is 56.5 Å². The predicted octanol–water partition coefficient (Wildman–Crippen LogP) is 2.25. The van der Waals surface area contributed by atoms with Gasteiger partial charge in [-0.1, -0.05) is 5.16 Å².